The van der Waals surface area contributed by atoms with Crippen molar-refractivity contribution in [1.29, 1.82) is 0 Å². The lowest BCUT2D eigenvalue weighted by Crippen LogP contribution is -2.17. The summed E-state index contributed by atoms with van der Waals surface area (Å²) in [6.45, 7) is 6.19. The van der Waals surface area contributed by atoms with Gasteiger partial charge in [0.15, 0.2) is 5.82 Å². The van der Waals surface area contributed by atoms with Crippen LogP contribution < -0.4 is 4.74 Å². The lowest BCUT2D eigenvalue weighted by Gasteiger charge is -2.15. The van der Waals surface area contributed by atoms with E-state index >= 15 is 0 Å². The molecule has 2 aromatic rings. The first-order chi connectivity index (χ1) is 9.41. The smallest absolute Gasteiger partial charge is 0.216 e. The topological polar surface area (TPSA) is 55.2 Å². The van der Waals surface area contributed by atoms with Gasteiger partial charge in [0.1, 0.15) is 5.75 Å². The zero-order valence-corrected chi connectivity index (χ0v) is 12.9. The number of methoxy groups -OCH3 is 1. The van der Waals surface area contributed by atoms with Crippen LogP contribution in [0.4, 0.5) is 0 Å². The Labute approximate surface area is 123 Å². The number of hydrogen-bond acceptors (Lipinski definition) is 4. The molecule has 1 heterocycles. The molecular formula is C14H18N4OS. The van der Waals surface area contributed by atoms with Crippen LogP contribution in [0.3, 0.4) is 0 Å². The number of aromatic nitrogens is 3. The molecule has 20 heavy (non-hydrogen) atoms. The van der Waals surface area contributed by atoms with Crippen molar-refractivity contribution >= 4 is 18.4 Å². The third-order valence-electron chi connectivity index (χ3n) is 2.74. The quantitative estimate of drug-likeness (QED) is 0.698. The summed E-state index contributed by atoms with van der Waals surface area (Å²) in [5.41, 5.74) is 0.798. The molecule has 1 N–H and O–H groups in total. The van der Waals surface area contributed by atoms with Gasteiger partial charge in [0.05, 0.1) is 13.3 Å². The summed E-state index contributed by atoms with van der Waals surface area (Å²) < 4.78 is 7.31. The Bertz CT molecular complexity index is 679. The highest BCUT2D eigenvalue weighted by Gasteiger charge is 2.21. The largest absolute Gasteiger partial charge is 0.497 e. The minimum absolute atomic E-state index is 0.140. The van der Waals surface area contributed by atoms with E-state index in [9.17, 15) is 0 Å². The van der Waals surface area contributed by atoms with Crippen LogP contribution >= 0.6 is 12.2 Å². The Morgan fingerprint density at radius 2 is 2.15 bits per heavy atom. The first-order valence-corrected chi connectivity index (χ1v) is 6.69. The number of aromatic amines is 1. The van der Waals surface area contributed by atoms with E-state index in [4.69, 9.17) is 17.0 Å². The predicted octanol–water partition coefficient (Wildman–Crippen LogP) is 3.13. The van der Waals surface area contributed by atoms with Crippen LogP contribution in [0.1, 0.15) is 32.2 Å². The number of nitrogens with one attached hydrogen (secondary N) is 1. The maximum absolute atomic E-state index is 5.21. The highest BCUT2D eigenvalue weighted by atomic mass is 32.1. The van der Waals surface area contributed by atoms with Gasteiger partial charge in [-0.3, -0.25) is 5.10 Å². The Hall–Kier alpha value is -1.95. The van der Waals surface area contributed by atoms with Crippen LogP contribution in [0.25, 0.3) is 0 Å². The van der Waals surface area contributed by atoms with Crippen LogP contribution in [0.5, 0.6) is 5.75 Å². The highest BCUT2D eigenvalue weighted by molar-refractivity contribution is 7.71. The fourth-order valence-corrected chi connectivity index (χ4v) is 1.91. The standard InChI is InChI=1S/C14H18N4OS/c1-14(2,3)12-16-17-13(20)18(12)15-9-10-6-5-7-11(8-10)19-4/h5-9H,1-4H3,(H,17,20)/b15-9-. The lowest BCUT2D eigenvalue weighted by molar-refractivity contribution is 0.414. The van der Waals surface area contributed by atoms with Crippen molar-refractivity contribution in [3.8, 4) is 5.75 Å². The second kappa shape index (κ2) is 5.58. The molecule has 0 saturated carbocycles. The molecule has 0 aliphatic carbocycles. The average molecular weight is 290 g/mol. The molecule has 0 fully saturated rings. The van der Waals surface area contributed by atoms with E-state index in [0.717, 1.165) is 17.1 Å². The summed E-state index contributed by atoms with van der Waals surface area (Å²) in [4.78, 5) is 0. The number of H-pyrrole nitrogens is 1. The zero-order chi connectivity index (χ0) is 14.8. The molecule has 0 aliphatic rings. The molecule has 2 rings (SSSR count). The van der Waals surface area contributed by atoms with E-state index in [2.05, 4.69) is 36.1 Å². The molecule has 5 nitrogen and oxygen atoms in total. The molecule has 1 aromatic carbocycles. The minimum Gasteiger partial charge on any atom is -0.497 e. The van der Waals surface area contributed by atoms with E-state index in [-0.39, 0.29) is 5.41 Å². The minimum atomic E-state index is -0.140. The molecule has 106 valence electrons. The number of nitrogens with zero attached hydrogens (tertiary/aromatic N) is 3. The van der Waals surface area contributed by atoms with Crippen molar-refractivity contribution in [1.82, 2.24) is 14.9 Å². The van der Waals surface area contributed by atoms with Crippen LogP contribution in [0.2, 0.25) is 0 Å². The van der Waals surface area contributed by atoms with Gasteiger partial charge in [0.25, 0.3) is 0 Å². The van der Waals surface area contributed by atoms with E-state index < -0.39 is 0 Å². The van der Waals surface area contributed by atoms with E-state index in [0.29, 0.717) is 4.77 Å². The number of benzene rings is 1. The van der Waals surface area contributed by atoms with Crippen molar-refractivity contribution in [2.45, 2.75) is 26.2 Å². The van der Waals surface area contributed by atoms with Gasteiger partial charge in [0.2, 0.25) is 4.77 Å². The van der Waals surface area contributed by atoms with Crippen molar-refractivity contribution in [3.05, 3.63) is 40.4 Å². The normalized spacial score (nSPS) is 12.0. The molecule has 1 aromatic heterocycles. The van der Waals surface area contributed by atoms with Crippen LogP contribution in [0, 0.1) is 4.77 Å². The summed E-state index contributed by atoms with van der Waals surface area (Å²) in [7, 11) is 1.64. The van der Waals surface area contributed by atoms with Gasteiger partial charge in [0, 0.05) is 5.41 Å². The van der Waals surface area contributed by atoms with Crippen molar-refractivity contribution in [2.24, 2.45) is 5.10 Å². The molecule has 0 bridgehead atoms. The van der Waals surface area contributed by atoms with Gasteiger partial charge in [-0.05, 0) is 29.9 Å². The molecule has 0 amide bonds. The van der Waals surface area contributed by atoms with Crippen molar-refractivity contribution in [2.75, 3.05) is 7.11 Å². The van der Waals surface area contributed by atoms with E-state index in [1.165, 1.54) is 0 Å². The molecule has 0 aliphatic heterocycles. The first-order valence-electron chi connectivity index (χ1n) is 6.28. The maximum atomic E-state index is 5.21. The lowest BCUT2D eigenvalue weighted by atomic mass is 9.96. The van der Waals surface area contributed by atoms with Gasteiger partial charge in [-0.1, -0.05) is 32.9 Å². The summed E-state index contributed by atoms with van der Waals surface area (Å²) in [6.07, 6.45) is 1.74. The fraction of sp³-hybridized carbons (Fsp3) is 0.357. The Balaban J connectivity index is 2.36. The van der Waals surface area contributed by atoms with E-state index in [1.807, 2.05) is 24.3 Å². The highest BCUT2D eigenvalue weighted by Crippen LogP contribution is 2.20. The average Bonchev–Trinajstić information content (AvgIpc) is 2.78. The number of rotatable bonds is 3. The van der Waals surface area contributed by atoms with Gasteiger partial charge >= 0.3 is 0 Å². The summed E-state index contributed by atoms with van der Waals surface area (Å²) in [5.74, 6) is 1.59. The predicted molar refractivity (Wildman–Crippen MR) is 82.1 cm³/mol. The van der Waals surface area contributed by atoms with E-state index in [1.54, 1.807) is 18.0 Å². The second-order valence-corrected chi connectivity index (χ2v) is 5.82. The molecule has 0 atom stereocenters. The van der Waals surface area contributed by atoms with Crippen LogP contribution in [-0.2, 0) is 5.41 Å². The number of hydrogen-bond donors (Lipinski definition) is 1. The fourth-order valence-electron chi connectivity index (χ4n) is 1.73. The summed E-state index contributed by atoms with van der Waals surface area (Å²) >= 11 is 5.21. The van der Waals surface area contributed by atoms with Gasteiger partial charge in [-0.25, -0.2) is 0 Å². The molecule has 0 spiro atoms. The SMILES string of the molecule is COc1cccc(/C=N\n2c(C(C)(C)C)n[nH]c2=S)c1. The maximum Gasteiger partial charge on any atom is 0.216 e. The molecular weight excluding hydrogens is 272 g/mol. The number of ether oxygens (including phenoxy) is 1. The first kappa shape index (κ1) is 14.5. The second-order valence-electron chi connectivity index (χ2n) is 5.44. The Kier molecular flexibility index (Phi) is 4.04. The van der Waals surface area contributed by atoms with Gasteiger partial charge < -0.3 is 4.74 Å². The third-order valence-corrected chi connectivity index (χ3v) is 3.00. The zero-order valence-electron chi connectivity index (χ0n) is 12.0. The Morgan fingerprint density at radius 3 is 2.80 bits per heavy atom. The van der Waals surface area contributed by atoms with Gasteiger partial charge in [-0.2, -0.15) is 14.9 Å². The van der Waals surface area contributed by atoms with Crippen molar-refractivity contribution < 1.29 is 4.74 Å². The van der Waals surface area contributed by atoms with Gasteiger partial charge in [-0.15, -0.1) is 0 Å². The van der Waals surface area contributed by atoms with Crippen LogP contribution in [0.15, 0.2) is 29.4 Å². The molecule has 0 saturated heterocycles. The molecule has 6 heteroatoms. The molecule has 0 radical (unpaired) electrons. The van der Waals surface area contributed by atoms with Crippen LogP contribution in [-0.4, -0.2) is 28.2 Å². The summed E-state index contributed by atoms with van der Waals surface area (Å²) in [6, 6.07) is 7.66. The molecule has 0 unspecified atom stereocenters. The summed E-state index contributed by atoms with van der Waals surface area (Å²) in [5, 5.41) is 11.4. The third kappa shape index (κ3) is 3.14. The van der Waals surface area contributed by atoms with Crippen molar-refractivity contribution in [3.63, 3.8) is 0 Å². The Morgan fingerprint density at radius 1 is 1.40 bits per heavy atom. The monoisotopic (exact) mass is 290 g/mol.